The van der Waals surface area contributed by atoms with Crippen molar-refractivity contribution in [2.75, 3.05) is 9.80 Å². The standard InChI is InChI=1S/C46H30N2OS/c1-3-14-33(15-4-1)47(34-16-5-2-6-17-34)36-25-27-45-41(30-36)39-19-11-20-42(46(39)50-45)48(35-23-22-31-12-7-8-13-32(31)28-35)37-24-26-44-40(29-37)38-18-9-10-21-43(38)49-44/h1-30H. The van der Waals surface area contributed by atoms with Gasteiger partial charge in [0.2, 0.25) is 0 Å². The molecule has 0 amide bonds. The van der Waals surface area contributed by atoms with Crippen LogP contribution in [0, 0.1) is 0 Å². The first-order valence-corrected chi connectivity index (χ1v) is 17.7. The molecular formula is C46H30N2OS. The Bertz CT molecular complexity index is 2800. The van der Waals surface area contributed by atoms with Crippen molar-refractivity contribution in [1.29, 1.82) is 0 Å². The van der Waals surface area contributed by atoms with Gasteiger partial charge in [-0.25, -0.2) is 0 Å². The Kier molecular flexibility index (Phi) is 6.68. The van der Waals surface area contributed by atoms with E-state index in [0.717, 1.165) is 56.1 Å². The van der Waals surface area contributed by atoms with Crippen LogP contribution in [0.1, 0.15) is 0 Å². The van der Waals surface area contributed by atoms with Crippen LogP contribution in [0.5, 0.6) is 0 Å². The Morgan fingerprint density at radius 3 is 1.78 bits per heavy atom. The zero-order chi connectivity index (χ0) is 33.0. The summed E-state index contributed by atoms with van der Waals surface area (Å²) in [4.78, 5) is 4.74. The van der Waals surface area contributed by atoms with Gasteiger partial charge >= 0.3 is 0 Å². The van der Waals surface area contributed by atoms with Gasteiger partial charge in [0.1, 0.15) is 11.2 Å². The van der Waals surface area contributed by atoms with Crippen LogP contribution in [0.4, 0.5) is 34.1 Å². The van der Waals surface area contributed by atoms with Crippen LogP contribution in [0.2, 0.25) is 0 Å². The fourth-order valence-corrected chi connectivity index (χ4v) is 8.47. The SMILES string of the molecule is c1ccc(N(c2ccccc2)c2ccc3sc4c(N(c5ccc6ccccc6c5)c5ccc6oc7ccccc7c6c5)cccc4c3c2)cc1. The van der Waals surface area contributed by atoms with Crippen LogP contribution >= 0.6 is 11.3 Å². The number of benzene rings is 8. The first kappa shape index (κ1) is 28.6. The van der Waals surface area contributed by atoms with Gasteiger partial charge in [-0.3, -0.25) is 0 Å². The molecule has 10 rings (SSSR count). The molecule has 2 aromatic heterocycles. The lowest BCUT2D eigenvalue weighted by Crippen LogP contribution is -2.10. The van der Waals surface area contributed by atoms with Gasteiger partial charge in [0.25, 0.3) is 0 Å². The summed E-state index contributed by atoms with van der Waals surface area (Å²) in [5.74, 6) is 0. The van der Waals surface area contributed by atoms with Gasteiger partial charge in [-0.15, -0.1) is 11.3 Å². The van der Waals surface area contributed by atoms with Gasteiger partial charge in [-0.2, -0.15) is 0 Å². The minimum Gasteiger partial charge on any atom is -0.456 e. The number of anilines is 6. The van der Waals surface area contributed by atoms with Crippen LogP contribution in [0.15, 0.2) is 186 Å². The maximum Gasteiger partial charge on any atom is 0.135 e. The molecule has 0 aliphatic rings. The van der Waals surface area contributed by atoms with Crippen LogP contribution in [-0.2, 0) is 0 Å². The second-order valence-corrected chi connectivity index (χ2v) is 13.6. The largest absolute Gasteiger partial charge is 0.456 e. The number of hydrogen-bond donors (Lipinski definition) is 0. The summed E-state index contributed by atoms with van der Waals surface area (Å²) in [7, 11) is 0. The van der Waals surface area contributed by atoms with Crippen molar-refractivity contribution in [2.45, 2.75) is 0 Å². The van der Waals surface area contributed by atoms with Crippen LogP contribution < -0.4 is 9.80 Å². The molecule has 0 saturated heterocycles. The molecule has 236 valence electrons. The van der Waals surface area contributed by atoms with Crippen molar-refractivity contribution in [2.24, 2.45) is 0 Å². The minimum absolute atomic E-state index is 0.891. The number of furan rings is 1. The van der Waals surface area contributed by atoms with E-state index in [1.807, 2.05) is 23.5 Å². The van der Waals surface area contributed by atoms with Crippen LogP contribution in [0.25, 0.3) is 52.9 Å². The molecule has 0 atom stereocenters. The molecule has 0 aliphatic carbocycles. The number of thiophene rings is 1. The molecule has 8 aromatic carbocycles. The summed E-state index contributed by atoms with van der Waals surface area (Å²) in [6.45, 7) is 0. The molecule has 3 nitrogen and oxygen atoms in total. The molecule has 0 radical (unpaired) electrons. The first-order valence-electron chi connectivity index (χ1n) is 16.8. The zero-order valence-electron chi connectivity index (χ0n) is 27.0. The first-order chi connectivity index (χ1) is 24.8. The summed E-state index contributed by atoms with van der Waals surface area (Å²) in [5, 5.41) is 7.15. The van der Waals surface area contributed by atoms with Gasteiger partial charge in [-0.05, 0) is 95.7 Å². The summed E-state index contributed by atoms with van der Waals surface area (Å²) in [6.07, 6.45) is 0. The molecule has 0 spiro atoms. The topological polar surface area (TPSA) is 19.6 Å². The lowest BCUT2D eigenvalue weighted by Gasteiger charge is -2.26. The van der Waals surface area contributed by atoms with Crippen LogP contribution in [0.3, 0.4) is 0 Å². The van der Waals surface area contributed by atoms with E-state index >= 15 is 0 Å². The highest BCUT2D eigenvalue weighted by Crippen LogP contribution is 2.47. The van der Waals surface area contributed by atoms with Crippen molar-refractivity contribution < 1.29 is 4.42 Å². The zero-order valence-corrected chi connectivity index (χ0v) is 27.8. The van der Waals surface area contributed by atoms with Crippen molar-refractivity contribution in [3.63, 3.8) is 0 Å². The van der Waals surface area contributed by atoms with Gasteiger partial charge in [0, 0.05) is 54.7 Å². The molecule has 0 saturated carbocycles. The third-order valence-electron chi connectivity index (χ3n) is 9.60. The highest BCUT2D eigenvalue weighted by Gasteiger charge is 2.21. The smallest absolute Gasteiger partial charge is 0.135 e. The fourth-order valence-electron chi connectivity index (χ4n) is 7.28. The third-order valence-corrected chi connectivity index (χ3v) is 10.8. The molecule has 10 aromatic rings. The van der Waals surface area contributed by atoms with E-state index in [-0.39, 0.29) is 0 Å². The Morgan fingerprint density at radius 2 is 0.960 bits per heavy atom. The summed E-state index contributed by atoms with van der Waals surface area (Å²) >= 11 is 1.85. The summed E-state index contributed by atoms with van der Waals surface area (Å²) in [5.41, 5.74) is 8.53. The van der Waals surface area contributed by atoms with E-state index in [4.69, 9.17) is 4.42 Å². The van der Waals surface area contributed by atoms with Gasteiger partial charge in [0.15, 0.2) is 0 Å². The molecule has 50 heavy (non-hydrogen) atoms. The maximum absolute atomic E-state index is 6.24. The highest BCUT2D eigenvalue weighted by atomic mass is 32.1. The second kappa shape index (κ2) is 11.7. The molecule has 0 fully saturated rings. The Hall–Kier alpha value is -6.36. The van der Waals surface area contributed by atoms with E-state index in [1.54, 1.807) is 0 Å². The Balaban J connectivity index is 1.19. The van der Waals surface area contributed by atoms with E-state index < -0.39 is 0 Å². The number of nitrogens with zero attached hydrogens (tertiary/aromatic N) is 2. The van der Waals surface area contributed by atoms with Crippen molar-refractivity contribution in [3.8, 4) is 0 Å². The summed E-state index contributed by atoms with van der Waals surface area (Å²) < 4.78 is 8.74. The number of fused-ring (bicyclic) bond motifs is 7. The second-order valence-electron chi connectivity index (χ2n) is 12.6. The maximum atomic E-state index is 6.24. The van der Waals surface area contributed by atoms with Gasteiger partial charge < -0.3 is 14.2 Å². The minimum atomic E-state index is 0.891. The third kappa shape index (κ3) is 4.73. The monoisotopic (exact) mass is 658 g/mol. The average molecular weight is 659 g/mol. The van der Waals surface area contributed by atoms with E-state index in [2.05, 4.69) is 180 Å². The highest BCUT2D eigenvalue weighted by molar-refractivity contribution is 7.26. The molecule has 4 heteroatoms. The number of hydrogen-bond acceptors (Lipinski definition) is 4. The van der Waals surface area contributed by atoms with E-state index in [0.29, 0.717) is 0 Å². The number of rotatable bonds is 6. The normalized spacial score (nSPS) is 11.6. The van der Waals surface area contributed by atoms with Crippen molar-refractivity contribution in [3.05, 3.63) is 182 Å². The molecule has 0 aliphatic heterocycles. The molecule has 0 unspecified atom stereocenters. The van der Waals surface area contributed by atoms with Crippen LogP contribution in [-0.4, -0.2) is 0 Å². The molecular weight excluding hydrogens is 629 g/mol. The average Bonchev–Trinajstić information content (AvgIpc) is 3.74. The Morgan fingerprint density at radius 1 is 0.360 bits per heavy atom. The lowest BCUT2D eigenvalue weighted by atomic mass is 10.1. The van der Waals surface area contributed by atoms with Gasteiger partial charge in [-0.1, -0.05) is 97.1 Å². The summed E-state index contributed by atoms with van der Waals surface area (Å²) in [6, 6.07) is 65.0. The van der Waals surface area contributed by atoms with Crippen molar-refractivity contribution in [1.82, 2.24) is 0 Å². The quantitative estimate of drug-likeness (QED) is 0.177. The Labute approximate surface area is 293 Å². The predicted molar refractivity (Wildman–Crippen MR) is 213 cm³/mol. The predicted octanol–water partition coefficient (Wildman–Crippen LogP) is 14.0. The van der Waals surface area contributed by atoms with Crippen molar-refractivity contribution >= 4 is 98.3 Å². The van der Waals surface area contributed by atoms with E-state index in [9.17, 15) is 0 Å². The van der Waals surface area contributed by atoms with E-state index in [1.165, 1.54) is 30.9 Å². The van der Waals surface area contributed by atoms with Gasteiger partial charge in [0.05, 0.1) is 10.4 Å². The lowest BCUT2D eigenvalue weighted by molar-refractivity contribution is 0.669. The molecule has 2 heterocycles. The number of para-hydroxylation sites is 3. The molecule has 0 N–H and O–H groups in total. The fraction of sp³-hybridized carbons (Fsp3) is 0. The molecule has 0 bridgehead atoms.